The fourth-order valence-corrected chi connectivity index (χ4v) is 2.00. The number of rotatable bonds is 2. The summed E-state index contributed by atoms with van der Waals surface area (Å²) in [5.41, 5.74) is 0.909. The van der Waals surface area contributed by atoms with Gasteiger partial charge in [0.1, 0.15) is 11.6 Å². The van der Waals surface area contributed by atoms with Gasteiger partial charge in [-0.05, 0) is 40.5 Å². The number of nitrogens with zero attached hydrogens (tertiary/aromatic N) is 2. The van der Waals surface area contributed by atoms with E-state index in [1.807, 2.05) is 20.8 Å². The van der Waals surface area contributed by atoms with Gasteiger partial charge in [-0.2, -0.15) is 0 Å². The molecule has 0 bridgehead atoms. The molecule has 1 aromatic heterocycles. The number of aromatic amines is 1. The van der Waals surface area contributed by atoms with Crippen molar-refractivity contribution >= 4 is 27.5 Å². The Morgan fingerprint density at radius 1 is 1.38 bits per heavy atom. The third-order valence-corrected chi connectivity index (χ3v) is 3.52. The van der Waals surface area contributed by atoms with Gasteiger partial charge in [0.2, 0.25) is 5.82 Å². The Labute approximate surface area is 130 Å². The largest absolute Gasteiger partial charge is 0.319 e. The van der Waals surface area contributed by atoms with Gasteiger partial charge in [0, 0.05) is 11.1 Å². The lowest BCUT2D eigenvalue weighted by atomic mass is 9.96. The van der Waals surface area contributed by atoms with Crippen molar-refractivity contribution in [3.8, 4) is 0 Å². The molecule has 1 heterocycles. The maximum absolute atomic E-state index is 13.4. The maximum atomic E-state index is 13.4. The number of aryl methyl sites for hydroxylation is 1. The van der Waals surface area contributed by atoms with Gasteiger partial charge in [-0.3, -0.25) is 9.89 Å². The van der Waals surface area contributed by atoms with Crippen molar-refractivity contribution in [3.63, 3.8) is 0 Å². The Morgan fingerprint density at radius 3 is 2.62 bits per heavy atom. The second kappa shape index (κ2) is 5.55. The van der Waals surface area contributed by atoms with Crippen molar-refractivity contribution in [1.29, 1.82) is 0 Å². The van der Waals surface area contributed by atoms with E-state index < -0.39 is 5.91 Å². The zero-order valence-corrected chi connectivity index (χ0v) is 13.8. The second-order valence-corrected chi connectivity index (χ2v) is 6.65. The summed E-state index contributed by atoms with van der Waals surface area (Å²) in [5.74, 6) is -0.133. The number of aromatic nitrogens is 3. The molecule has 5 nitrogen and oxygen atoms in total. The summed E-state index contributed by atoms with van der Waals surface area (Å²) < 4.78 is 13.7. The molecule has 1 aromatic carbocycles. The van der Waals surface area contributed by atoms with Crippen LogP contribution in [0, 0.1) is 12.7 Å². The van der Waals surface area contributed by atoms with E-state index >= 15 is 0 Å². The van der Waals surface area contributed by atoms with Gasteiger partial charge in [-0.15, -0.1) is 5.10 Å². The molecule has 21 heavy (non-hydrogen) atoms. The first-order chi connectivity index (χ1) is 9.68. The van der Waals surface area contributed by atoms with Crippen LogP contribution < -0.4 is 5.32 Å². The van der Waals surface area contributed by atoms with Crippen LogP contribution in [0.2, 0.25) is 0 Å². The highest BCUT2D eigenvalue weighted by atomic mass is 79.9. The summed E-state index contributed by atoms with van der Waals surface area (Å²) in [6.45, 7) is 7.62. The highest BCUT2D eigenvalue weighted by Crippen LogP contribution is 2.24. The number of H-pyrrole nitrogens is 1. The van der Waals surface area contributed by atoms with Crippen LogP contribution in [0.1, 0.15) is 42.8 Å². The summed E-state index contributed by atoms with van der Waals surface area (Å²) >= 11 is 3.09. The van der Waals surface area contributed by atoms with E-state index in [1.54, 1.807) is 6.92 Å². The zero-order chi connectivity index (χ0) is 15.8. The molecule has 0 saturated carbocycles. The van der Waals surface area contributed by atoms with Gasteiger partial charge < -0.3 is 5.32 Å². The van der Waals surface area contributed by atoms with Crippen molar-refractivity contribution in [2.75, 3.05) is 5.32 Å². The van der Waals surface area contributed by atoms with E-state index in [-0.39, 0.29) is 21.5 Å². The highest BCUT2D eigenvalue weighted by molar-refractivity contribution is 9.10. The topological polar surface area (TPSA) is 70.7 Å². The molecule has 0 radical (unpaired) electrons. The number of hydrogen-bond acceptors (Lipinski definition) is 3. The van der Waals surface area contributed by atoms with Crippen LogP contribution in [0.25, 0.3) is 0 Å². The third-order valence-electron chi connectivity index (χ3n) is 2.91. The molecule has 0 spiro atoms. The number of carbonyl (C=O) groups is 1. The first-order valence-electron chi connectivity index (χ1n) is 6.38. The van der Waals surface area contributed by atoms with Gasteiger partial charge in [0.25, 0.3) is 5.91 Å². The summed E-state index contributed by atoms with van der Waals surface area (Å²) in [7, 11) is 0. The summed E-state index contributed by atoms with van der Waals surface area (Å²) in [5, 5.41) is 9.35. The van der Waals surface area contributed by atoms with Crippen LogP contribution in [-0.2, 0) is 5.41 Å². The van der Waals surface area contributed by atoms with Crippen LogP contribution in [0.4, 0.5) is 10.1 Å². The number of carbonyl (C=O) groups excluding carboxylic acids is 1. The molecule has 2 aromatic rings. The molecule has 0 unspecified atom stereocenters. The molecule has 0 aliphatic carbocycles. The average molecular weight is 355 g/mol. The first-order valence-corrected chi connectivity index (χ1v) is 7.17. The maximum Gasteiger partial charge on any atom is 0.295 e. The zero-order valence-electron chi connectivity index (χ0n) is 12.2. The first kappa shape index (κ1) is 15.6. The fraction of sp³-hybridized carbons (Fsp3) is 0.357. The predicted molar refractivity (Wildman–Crippen MR) is 81.9 cm³/mol. The number of benzene rings is 1. The smallest absolute Gasteiger partial charge is 0.295 e. The van der Waals surface area contributed by atoms with Crippen LogP contribution in [0.15, 0.2) is 16.6 Å². The number of nitrogens with one attached hydrogen (secondary N) is 2. The minimum Gasteiger partial charge on any atom is -0.319 e. The molecule has 0 aliphatic heterocycles. The molecular formula is C14H16BrFN4O. The van der Waals surface area contributed by atoms with E-state index in [4.69, 9.17) is 0 Å². The lowest BCUT2D eigenvalue weighted by Crippen LogP contribution is -2.16. The molecule has 112 valence electrons. The molecule has 0 aliphatic rings. The van der Waals surface area contributed by atoms with Gasteiger partial charge in [0.05, 0.1) is 4.47 Å². The molecule has 7 heteroatoms. The molecule has 2 N–H and O–H groups in total. The van der Waals surface area contributed by atoms with Crippen LogP contribution >= 0.6 is 15.9 Å². The Hall–Kier alpha value is -1.76. The standard InChI is InChI=1S/C14H16BrFN4O/c1-7-5-9(16)8(15)6-10(7)17-12(21)11-18-13(20-19-11)14(2,3)4/h5-6H,1-4H3,(H,17,21)(H,18,19,20). The molecule has 2 rings (SSSR count). The highest BCUT2D eigenvalue weighted by Gasteiger charge is 2.21. The van der Waals surface area contributed by atoms with Crippen molar-refractivity contribution in [2.45, 2.75) is 33.1 Å². The van der Waals surface area contributed by atoms with Gasteiger partial charge in [-0.25, -0.2) is 9.37 Å². The molecular weight excluding hydrogens is 339 g/mol. The van der Waals surface area contributed by atoms with Crippen LogP contribution in [0.3, 0.4) is 0 Å². The lowest BCUT2D eigenvalue weighted by molar-refractivity contribution is 0.101. The summed E-state index contributed by atoms with van der Waals surface area (Å²) in [6.07, 6.45) is 0. The van der Waals surface area contributed by atoms with Gasteiger partial charge in [0.15, 0.2) is 0 Å². The molecule has 0 atom stereocenters. The van der Waals surface area contributed by atoms with Gasteiger partial charge in [-0.1, -0.05) is 20.8 Å². The van der Waals surface area contributed by atoms with Gasteiger partial charge >= 0.3 is 0 Å². The molecule has 0 saturated heterocycles. The normalized spacial score (nSPS) is 11.5. The summed E-state index contributed by atoms with van der Waals surface area (Å²) in [6, 6.07) is 2.86. The number of halogens is 2. The SMILES string of the molecule is Cc1cc(F)c(Br)cc1NC(=O)c1n[nH]c(C(C)(C)C)n1. The Balaban J connectivity index is 2.22. The Kier molecular flexibility index (Phi) is 4.13. The Bertz CT molecular complexity index is 691. The monoisotopic (exact) mass is 354 g/mol. The van der Waals surface area contributed by atoms with Crippen LogP contribution in [0.5, 0.6) is 0 Å². The molecule has 1 amide bonds. The van der Waals surface area contributed by atoms with E-state index in [2.05, 4.69) is 36.4 Å². The van der Waals surface area contributed by atoms with Crippen molar-refractivity contribution < 1.29 is 9.18 Å². The van der Waals surface area contributed by atoms with E-state index in [0.717, 1.165) is 0 Å². The summed E-state index contributed by atoms with van der Waals surface area (Å²) in [4.78, 5) is 16.3. The lowest BCUT2D eigenvalue weighted by Gasteiger charge is -2.12. The quantitative estimate of drug-likeness (QED) is 0.865. The van der Waals surface area contributed by atoms with Crippen molar-refractivity contribution in [2.24, 2.45) is 0 Å². The Morgan fingerprint density at radius 2 is 2.05 bits per heavy atom. The number of anilines is 1. The van der Waals surface area contributed by atoms with Crippen molar-refractivity contribution in [3.05, 3.63) is 39.6 Å². The fourth-order valence-electron chi connectivity index (χ4n) is 1.66. The number of hydrogen-bond donors (Lipinski definition) is 2. The minimum atomic E-state index is -0.441. The predicted octanol–water partition coefficient (Wildman–Crippen LogP) is 3.56. The van der Waals surface area contributed by atoms with Crippen LogP contribution in [-0.4, -0.2) is 21.1 Å². The molecule has 0 fully saturated rings. The third kappa shape index (κ3) is 3.47. The number of amides is 1. The second-order valence-electron chi connectivity index (χ2n) is 5.79. The average Bonchev–Trinajstić information content (AvgIpc) is 2.85. The van der Waals surface area contributed by atoms with E-state index in [0.29, 0.717) is 17.1 Å². The van der Waals surface area contributed by atoms with E-state index in [9.17, 15) is 9.18 Å². The van der Waals surface area contributed by atoms with Crippen molar-refractivity contribution in [1.82, 2.24) is 15.2 Å². The van der Waals surface area contributed by atoms with E-state index in [1.165, 1.54) is 12.1 Å². The minimum absolute atomic E-state index is 0.0553.